The monoisotopic (exact) mass is 282 g/mol. The summed E-state index contributed by atoms with van der Waals surface area (Å²) in [5.41, 5.74) is -0.0881. The van der Waals surface area contributed by atoms with E-state index in [1.54, 1.807) is 0 Å². The van der Waals surface area contributed by atoms with Gasteiger partial charge in [0.15, 0.2) is 5.75 Å². The second-order valence-corrected chi connectivity index (χ2v) is 3.68. The summed E-state index contributed by atoms with van der Waals surface area (Å²) in [6.07, 6.45) is -4.81. The van der Waals surface area contributed by atoms with Crippen molar-refractivity contribution in [3.63, 3.8) is 0 Å². The van der Waals surface area contributed by atoms with E-state index in [0.29, 0.717) is 0 Å². The smallest absolute Gasteiger partial charge is 0.403 e. The Kier molecular flexibility index (Phi) is 3.01. The first-order valence-corrected chi connectivity index (χ1v) is 5.00. The molecular formula is C9H3Cl2F3N2O. The van der Waals surface area contributed by atoms with E-state index < -0.39 is 12.1 Å². The molecule has 0 aliphatic carbocycles. The van der Waals surface area contributed by atoms with Gasteiger partial charge in [0, 0.05) is 5.39 Å². The van der Waals surface area contributed by atoms with Crippen molar-refractivity contribution in [2.75, 3.05) is 0 Å². The molecule has 90 valence electrons. The molecule has 1 heterocycles. The zero-order valence-electron chi connectivity index (χ0n) is 7.92. The van der Waals surface area contributed by atoms with Crippen molar-refractivity contribution in [1.29, 1.82) is 0 Å². The van der Waals surface area contributed by atoms with E-state index in [0.717, 1.165) is 6.07 Å². The van der Waals surface area contributed by atoms with Crippen LogP contribution in [0, 0.1) is 0 Å². The van der Waals surface area contributed by atoms with Crippen molar-refractivity contribution in [2.24, 2.45) is 0 Å². The first-order valence-electron chi connectivity index (χ1n) is 4.24. The Labute approximate surface area is 103 Å². The SMILES string of the molecule is FC(F)(F)Oc1cccc2c(Cl)nc(Cl)nc12. The predicted molar refractivity (Wildman–Crippen MR) is 56.2 cm³/mol. The maximum atomic E-state index is 12.1. The minimum atomic E-state index is -4.81. The Bertz CT molecular complexity index is 574. The van der Waals surface area contributed by atoms with Crippen LogP contribution in [0.15, 0.2) is 18.2 Å². The maximum Gasteiger partial charge on any atom is 0.573 e. The molecule has 0 amide bonds. The maximum absolute atomic E-state index is 12.1. The summed E-state index contributed by atoms with van der Waals surface area (Å²) in [7, 11) is 0. The lowest BCUT2D eigenvalue weighted by atomic mass is 10.2. The van der Waals surface area contributed by atoms with Crippen molar-refractivity contribution in [3.8, 4) is 5.75 Å². The van der Waals surface area contributed by atoms with Gasteiger partial charge in [-0.1, -0.05) is 17.7 Å². The minimum Gasteiger partial charge on any atom is -0.403 e. The Morgan fingerprint density at radius 2 is 1.82 bits per heavy atom. The Balaban J connectivity index is 2.64. The summed E-state index contributed by atoms with van der Waals surface area (Å²) in [4.78, 5) is 7.29. The quantitative estimate of drug-likeness (QED) is 0.589. The van der Waals surface area contributed by atoms with Crippen molar-refractivity contribution in [3.05, 3.63) is 28.6 Å². The van der Waals surface area contributed by atoms with Crippen LogP contribution in [0.25, 0.3) is 10.9 Å². The summed E-state index contributed by atoms with van der Waals surface area (Å²) in [6.45, 7) is 0. The molecule has 0 aliphatic heterocycles. The van der Waals surface area contributed by atoms with Gasteiger partial charge in [0.2, 0.25) is 5.28 Å². The van der Waals surface area contributed by atoms with Crippen molar-refractivity contribution < 1.29 is 17.9 Å². The van der Waals surface area contributed by atoms with E-state index in [4.69, 9.17) is 23.2 Å². The molecule has 0 atom stereocenters. The number of hydrogen-bond acceptors (Lipinski definition) is 3. The fourth-order valence-electron chi connectivity index (χ4n) is 1.27. The molecule has 0 radical (unpaired) electrons. The molecule has 17 heavy (non-hydrogen) atoms. The molecule has 0 fully saturated rings. The summed E-state index contributed by atoms with van der Waals surface area (Å²) >= 11 is 11.3. The zero-order chi connectivity index (χ0) is 12.6. The summed E-state index contributed by atoms with van der Waals surface area (Å²) < 4.78 is 40.2. The van der Waals surface area contributed by atoms with E-state index in [1.165, 1.54) is 12.1 Å². The summed E-state index contributed by atoms with van der Waals surface area (Å²) in [5.74, 6) is -0.471. The Hall–Kier alpha value is -1.27. The highest BCUT2D eigenvalue weighted by molar-refractivity contribution is 6.35. The zero-order valence-corrected chi connectivity index (χ0v) is 9.44. The second kappa shape index (κ2) is 4.19. The molecule has 0 unspecified atom stereocenters. The lowest BCUT2D eigenvalue weighted by Gasteiger charge is -2.10. The molecule has 0 saturated heterocycles. The number of halogens is 5. The average molecular weight is 283 g/mol. The van der Waals surface area contributed by atoms with E-state index >= 15 is 0 Å². The minimum absolute atomic E-state index is 0.0346. The van der Waals surface area contributed by atoms with Crippen LogP contribution in [-0.4, -0.2) is 16.3 Å². The van der Waals surface area contributed by atoms with Gasteiger partial charge in [0.05, 0.1) is 0 Å². The van der Waals surface area contributed by atoms with Crippen LogP contribution in [0.4, 0.5) is 13.2 Å². The van der Waals surface area contributed by atoms with Gasteiger partial charge < -0.3 is 4.74 Å². The molecule has 0 saturated carbocycles. The number of alkyl halides is 3. The second-order valence-electron chi connectivity index (χ2n) is 2.98. The van der Waals surface area contributed by atoms with Gasteiger partial charge in [-0.15, -0.1) is 13.2 Å². The molecule has 2 rings (SSSR count). The molecular weight excluding hydrogens is 280 g/mol. The molecule has 0 bridgehead atoms. The first kappa shape index (κ1) is 12.2. The van der Waals surface area contributed by atoms with Crippen LogP contribution in [-0.2, 0) is 0 Å². The highest BCUT2D eigenvalue weighted by Crippen LogP contribution is 2.32. The number of aromatic nitrogens is 2. The fraction of sp³-hybridized carbons (Fsp3) is 0.111. The third-order valence-electron chi connectivity index (χ3n) is 1.84. The van der Waals surface area contributed by atoms with Crippen LogP contribution >= 0.6 is 23.2 Å². The molecule has 0 aliphatic rings. The van der Waals surface area contributed by atoms with Gasteiger partial charge in [-0.3, -0.25) is 0 Å². The number of fused-ring (bicyclic) bond motifs is 1. The Morgan fingerprint density at radius 3 is 2.47 bits per heavy atom. The molecule has 1 aromatic heterocycles. The fourth-order valence-corrected chi connectivity index (χ4v) is 1.71. The Morgan fingerprint density at radius 1 is 1.12 bits per heavy atom. The molecule has 2 aromatic rings. The van der Waals surface area contributed by atoms with Gasteiger partial charge in [0.1, 0.15) is 10.7 Å². The van der Waals surface area contributed by atoms with Gasteiger partial charge in [0.25, 0.3) is 0 Å². The van der Waals surface area contributed by atoms with Crippen LogP contribution in [0.3, 0.4) is 0 Å². The topological polar surface area (TPSA) is 35.0 Å². The standard InChI is InChI=1S/C9H3Cl2F3N2O/c10-7-4-2-1-3-5(17-9(12,13)14)6(4)15-8(11)16-7/h1-3H. The normalized spacial score (nSPS) is 11.8. The number of para-hydroxylation sites is 1. The van der Waals surface area contributed by atoms with Crippen LogP contribution in [0.5, 0.6) is 5.75 Å². The van der Waals surface area contributed by atoms with Crippen molar-refractivity contribution >= 4 is 34.1 Å². The number of nitrogens with zero attached hydrogens (tertiary/aromatic N) is 2. The van der Waals surface area contributed by atoms with Crippen molar-refractivity contribution in [1.82, 2.24) is 9.97 Å². The van der Waals surface area contributed by atoms with Gasteiger partial charge in [-0.05, 0) is 23.7 Å². The number of rotatable bonds is 1. The molecule has 8 heteroatoms. The van der Waals surface area contributed by atoms with Gasteiger partial charge in [-0.25, -0.2) is 9.97 Å². The molecule has 1 aromatic carbocycles. The number of benzene rings is 1. The van der Waals surface area contributed by atoms with Crippen LogP contribution < -0.4 is 4.74 Å². The lowest BCUT2D eigenvalue weighted by molar-refractivity contribution is -0.274. The molecule has 3 nitrogen and oxygen atoms in total. The predicted octanol–water partition coefficient (Wildman–Crippen LogP) is 3.84. The van der Waals surface area contributed by atoms with E-state index in [2.05, 4.69) is 14.7 Å². The van der Waals surface area contributed by atoms with E-state index in [9.17, 15) is 13.2 Å². The highest BCUT2D eigenvalue weighted by atomic mass is 35.5. The van der Waals surface area contributed by atoms with Crippen molar-refractivity contribution in [2.45, 2.75) is 6.36 Å². The van der Waals surface area contributed by atoms with E-state index in [-0.39, 0.29) is 21.3 Å². The third-order valence-corrected chi connectivity index (χ3v) is 2.30. The highest BCUT2D eigenvalue weighted by Gasteiger charge is 2.32. The van der Waals surface area contributed by atoms with Crippen LogP contribution in [0.2, 0.25) is 10.4 Å². The number of ether oxygens (including phenoxy) is 1. The molecule has 0 N–H and O–H groups in total. The van der Waals surface area contributed by atoms with E-state index in [1.807, 2.05) is 0 Å². The van der Waals surface area contributed by atoms with Crippen LogP contribution in [0.1, 0.15) is 0 Å². The largest absolute Gasteiger partial charge is 0.573 e. The molecule has 0 spiro atoms. The summed E-state index contributed by atoms with van der Waals surface area (Å²) in [5, 5.41) is -0.0498. The average Bonchev–Trinajstić information content (AvgIpc) is 2.17. The summed E-state index contributed by atoms with van der Waals surface area (Å²) in [6, 6.07) is 3.94. The first-order chi connectivity index (χ1) is 7.87. The lowest BCUT2D eigenvalue weighted by Crippen LogP contribution is -2.17. The third kappa shape index (κ3) is 2.70. The number of hydrogen-bond donors (Lipinski definition) is 0. The van der Waals surface area contributed by atoms with Gasteiger partial charge >= 0.3 is 6.36 Å². The van der Waals surface area contributed by atoms with Gasteiger partial charge in [-0.2, -0.15) is 0 Å².